The summed E-state index contributed by atoms with van der Waals surface area (Å²) >= 11 is 0. The van der Waals surface area contributed by atoms with Gasteiger partial charge in [-0.15, -0.1) is 0 Å². The van der Waals surface area contributed by atoms with Crippen LogP contribution in [0.5, 0.6) is 0 Å². The van der Waals surface area contributed by atoms with E-state index in [0.717, 1.165) is 25.2 Å². The second-order valence-electron chi connectivity index (χ2n) is 7.56. The van der Waals surface area contributed by atoms with E-state index >= 15 is 0 Å². The van der Waals surface area contributed by atoms with Crippen LogP contribution in [0.3, 0.4) is 0 Å². The fraction of sp³-hybridized carbons (Fsp3) is 0.684. The summed E-state index contributed by atoms with van der Waals surface area (Å²) in [6, 6.07) is 10.6. The van der Waals surface area contributed by atoms with Gasteiger partial charge in [-0.05, 0) is 42.6 Å². The minimum absolute atomic E-state index is 0.0775. The van der Waals surface area contributed by atoms with Crippen molar-refractivity contribution in [3.63, 3.8) is 0 Å². The first-order valence-corrected chi connectivity index (χ1v) is 8.24. The molecule has 0 aliphatic heterocycles. The minimum Gasteiger partial charge on any atom is -0.394 e. The molecule has 1 aliphatic rings. The monoisotopic (exact) mass is 290 g/mol. The van der Waals surface area contributed by atoms with Crippen LogP contribution in [0.1, 0.15) is 52.0 Å². The highest BCUT2D eigenvalue weighted by atomic mass is 16.5. The summed E-state index contributed by atoms with van der Waals surface area (Å²) in [5.41, 5.74) is 1.64. The van der Waals surface area contributed by atoms with Gasteiger partial charge in [-0.3, -0.25) is 0 Å². The summed E-state index contributed by atoms with van der Waals surface area (Å²) in [6.45, 7) is 7.59. The normalized spacial score (nSPS) is 26.8. The molecule has 0 saturated heterocycles. The largest absolute Gasteiger partial charge is 0.394 e. The van der Waals surface area contributed by atoms with E-state index in [1.165, 1.54) is 18.4 Å². The average Bonchev–Trinajstić information content (AvgIpc) is 2.46. The molecule has 1 N–H and O–H groups in total. The lowest BCUT2D eigenvalue weighted by Gasteiger charge is -2.44. The van der Waals surface area contributed by atoms with Crippen molar-refractivity contribution in [2.45, 2.75) is 58.5 Å². The zero-order chi connectivity index (χ0) is 15.3. The Bertz CT molecular complexity index is 411. The molecule has 2 nitrogen and oxygen atoms in total. The first kappa shape index (κ1) is 16.5. The predicted molar refractivity (Wildman–Crippen MR) is 87.3 cm³/mol. The molecule has 1 fully saturated rings. The average molecular weight is 290 g/mol. The van der Waals surface area contributed by atoms with Crippen molar-refractivity contribution in [1.29, 1.82) is 0 Å². The maximum atomic E-state index is 9.13. The molecule has 1 aliphatic carbocycles. The van der Waals surface area contributed by atoms with E-state index in [9.17, 15) is 0 Å². The molecular formula is C19H30O2. The van der Waals surface area contributed by atoms with Gasteiger partial charge in [0.2, 0.25) is 0 Å². The van der Waals surface area contributed by atoms with Gasteiger partial charge in [0.25, 0.3) is 0 Å². The number of aliphatic hydroxyl groups excluding tert-OH is 1. The lowest BCUT2D eigenvalue weighted by molar-refractivity contribution is -0.0943. The van der Waals surface area contributed by atoms with Crippen LogP contribution in [0.4, 0.5) is 0 Å². The van der Waals surface area contributed by atoms with E-state index in [0.29, 0.717) is 12.0 Å². The Morgan fingerprint density at radius 1 is 1.14 bits per heavy atom. The van der Waals surface area contributed by atoms with Crippen LogP contribution in [0.25, 0.3) is 0 Å². The van der Waals surface area contributed by atoms with Crippen LogP contribution in [0.15, 0.2) is 30.3 Å². The van der Waals surface area contributed by atoms with Gasteiger partial charge < -0.3 is 9.84 Å². The second kappa shape index (κ2) is 6.93. The van der Waals surface area contributed by atoms with Crippen LogP contribution in [0.2, 0.25) is 0 Å². The van der Waals surface area contributed by atoms with Crippen LogP contribution < -0.4 is 0 Å². The van der Waals surface area contributed by atoms with Gasteiger partial charge in [0, 0.05) is 6.42 Å². The Labute approximate surface area is 129 Å². The minimum atomic E-state index is -0.0775. The summed E-state index contributed by atoms with van der Waals surface area (Å²) in [4.78, 5) is 0. The highest BCUT2D eigenvalue weighted by molar-refractivity contribution is 5.17. The third-order valence-electron chi connectivity index (χ3n) is 4.99. The number of aliphatic hydroxyl groups is 1. The molecule has 0 spiro atoms. The quantitative estimate of drug-likeness (QED) is 0.880. The van der Waals surface area contributed by atoms with Crippen LogP contribution in [0, 0.1) is 11.3 Å². The Hall–Kier alpha value is -0.860. The molecule has 0 amide bonds. The maximum Gasteiger partial charge on any atom is 0.0724 e. The number of hydrogen-bond donors (Lipinski definition) is 1. The highest BCUT2D eigenvalue weighted by Gasteiger charge is 2.39. The van der Waals surface area contributed by atoms with E-state index in [-0.39, 0.29) is 12.2 Å². The predicted octanol–water partition coefficient (Wildman–Crippen LogP) is 4.21. The smallest absolute Gasteiger partial charge is 0.0724 e. The van der Waals surface area contributed by atoms with Crippen molar-refractivity contribution in [3.05, 3.63) is 35.9 Å². The third kappa shape index (κ3) is 4.55. The summed E-state index contributed by atoms with van der Waals surface area (Å²) in [7, 11) is 0. The first-order valence-electron chi connectivity index (χ1n) is 8.24. The Morgan fingerprint density at radius 2 is 1.76 bits per heavy atom. The van der Waals surface area contributed by atoms with E-state index in [1.807, 2.05) is 0 Å². The van der Waals surface area contributed by atoms with E-state index < -0.39 is 0 Å². The van der Waals surface area contributed by atoms with Crippen molar-refractivity contribution >= 4 is 0 Å². The standard InChI is InChI=1S/C19H30O2/c1-18(2,3)17-9-11-19(12-10-17,21-14-13-20)15-16-7-5-4-6-8-16/h4-8,17,20H,9-15H2,1-3H3. The van der Waals surface area contributed by atoms with E-state index in [1.54, 1.807) is 0 Å². The van der Waals surface area contributed by atoms with Crippen LogP contribution in [-0.4, -0.2) is 23.9 Å². The van der Waals surface area contributed by atoms with Gasteiger partial charge in [0.1, 0.15) is 0 Å². The third-order valence-corrected chi connectivity index (χ3v) is 4.99. The van der Waals surface area contributed by atoms with Gasteiger partial charge in [-0.1, -0.05) is 51.1 Å². The molecule has 118 valence electrons. The summed E-state index contributed by atoms with van der Waals surface area (Å²) in [6.07, 6.45) is 5.61. The van der Waals surface area contributed by atoms with Crippen molar-refractivity contribution in [3.8, 4) is 0 Å². The van der Waals surface area contributed by atoms with Gasteiger partial charge in [-0.25, -0.2) is 0 Å². The van der Waals surface area contributed by atoms with Gasteiger partial charge in [-0.2, -0.15) is 0 Å². The first-order chi connectivity index (χ1) is 9.95. The molecule has 1 aromatic carbocycles. The van der Waals surface area contributed by atoms with E-state index in [4.69, 9.17) is 9.84 Å². The highest BCUT2D eigenvalue weighted by Crippen LogP contribution is 2.44. The molecule has 1 saturated carbocycles. The molecule has 0 heterocycles. The Kier molecular flexibility index (Phi) is 5.45. The summed E-state index contributed by atoms with van der Waals surface area (Å²) in [5, 5.41) is 9.13. The topological polar surface area (TPSA) is 29.5 Å². The Balaban J connectivity index is 2.05. The number of hydrogen-bond acceptors (Lipinski definition) is 2. The zero-order valence-corrected chi connectivity index (χ0v) is 13.8. The van der Waals surface area contributed by atoms with E-state index in [2.05, 4.69) is 51.1 Å². The van der Waals surface area contributed by atoms with Crippen LogP contribution in [-0.2, 0) is 11.2 Å². The molecule has 0 atom stereocenters. The summed E-state index contributed by atoms with van der Waals surface area (Å²) < 4.78 is 6.13. The van der Waals surface area contributed by atoms with Crippen molar-refractivity contribution < 1.29 is 9.84 Å². The lowest BCUT2D eigenvalue weighted by atomic mass is 9.67. The summed E-state index contributed by atoms with van der Waals surface area (Å²) in [5.74, 6) is 0.777. The van der Waals surface area contributed by atoms with Crippen molar-refractivity contribution in [1.82, 2.24) is 0 Å². The van der Waals surface area contributed by atoms with Gasteiger partial charge >= 0.3 is 0 Å². The molecular weight excluding hydrogens is 260 g/mol. The van der Waals surface area contributed by atoms with Crippen molar-refractivity contribution in [2.75, 3.05) is 13.2 Å². The fourth-order valence-electron chi connectivity index (χ4n) is 3.61. The molecule has 2 heteroatoms. The number of ether oxygens (including phenoxy) is 1. The molecule has 0 unspecified atom stereocenters. The molecule has 21 heavy (non-hydrogen) atoms. The second-order valence-corrected chi connectivity index (χ2v) is 7.56. The lowest BCUT2D eigenvalue weighted by Crippen LogP contribution is -2.42. The number of benzene rings is 1. The van der Waals surface area contributed by atoms with Gasteiger partial charge in [0.05, 0.1) is 18.8 Å². The number of rotatable bonds is 5. The molecule has 0 radical (unpaired) electrons. The Morgan fingerprint density at radius 3 is 2.29 bits per heavy atom. The fourth-order valence-corrected chi connectivity index (χ4v) is 3.61. The maximum absolute atomic E-state index is 9.13. The molecule has 0 bridgehead atoms. The SMILES string of the molecule is CC(C)(C)C1CCC(Cc2ccccc2)(OCCO)CC1. The molecule has 2 rings (SSSR count). The van der Waals surface area contributed by atoms with Crippen molar-refractivity contribution in [2.24, 2.45) is 11.3 Å². The zero-order valence-electron chi connectivity index (χ0n) is 13.8. The van der Waals surface area contributed by atoms with Gasteiger partial charge in [0.15, 0.2) is 0 Å². The van der Waals surface area contributed by atoms with Crippen LogP contribution >= 0.6 is 0 Å². The molecule has 0 aromatic heterocycles. The molecule has 1 aromatic rings.